The average molecular weight is 418 g/mol. The van der Waals surface area contributed by atoms with Gasteiger partial charge in [-0.05, 0) is 49.2 Å². The Morgan fingerprint density at radius 1 is 1.10 bits per heavy atom. The van der Waals surface area contributed by atoms with Crippen LogP contribution in [0, 0.1) is 6.92 Å². The van der Waals surface area contributed by atoms with E-state index >= 15 is 0 Å². The number of anilines is 1. The second kappa shape index (κ2) is 8.31. The maximum atomic E-state index is 12.7. The highest BCUT2D eigenvalue weighted by Crippen LogP contribution is 2.29. The number of aryl methyl sites for hydroxylation is 1. The van der Waals surface area contributed by atoms with E-state index in [2.05, 4.69) is 5.32 Å². The number of carbonyl (C=O) groups is 1. The summed E-state index contributed by atoms with van der Waals surface area (Å²) in [4.78, 5) is 25.2. The highest BCUT2D eigenvalue weighted by Gasteiger charge is 2.30. The molecule has 3 rings (SSSR count). The van der Waals surface area contributed by atoms with E-state index in [1.54, 1.807) is 38.2 Å². The van der Waals surface area contributed by atoms with Crippen LogP contribution in [0.4, 0.5) is 18.9 Å². The van der Waals surface area contributed by atoms with Crippen LogP contribution in [-0.2, 0) is 17.4 Å². The lowest BCUT2D eigenvalue weighted by atomic mass is 10.0. The molecular weight excluding hydrogens is 397 g/mol. The van der Waals surface area contributed by atoms with Gasteiger partial charge in [-0.3, -0.25) is 9.59 Å². The molecule has 158 valence electrons. The fraction of sp³-hybridized carbons (Fsp3) is 0.273. The summed E-state index contributed by atoms with van der Waals surface area (Å²) in [5.41, 5.74) is 0.607. The highest BCUT2D eigenvalue weighted by molar-refractivity contribution is 6.03. The number of aromatic nitrogens is 1. The van der Waals surface area contributed by atoms with Gasteiger partial charge in [0.1, 0.15) is 0 Å². The molecule has 30 heavy (non-hydrogen) atoms. The second-order valence-corrected chi connectivity index (χ2v) is 7.20. The zero-order valence-electron chi connectivity index (χ0n) is 16.5. The molecule has 0 saturated carbocycles. The van der Waals surface area contributed by atoms with Crippen LogP contribution in [0.15, 0.2) is 53.5 Å². The number of alkyl halides is 3. The smallest absolute Gasteiger partial charge is 0.394 e. The van der Waals surface area contributed by atoms with Crippen LogP contribution in [0.3, 0.4) is 0 Å². The molecule has 1 amide bonds. The number of aliphatic hydroxyl groups is 1. The number of hydrogen-bond donors (Lipinski definition) is 2. The van der Waals surface area contributed by atoms with Crippen molar-refractivity contribution in [1.29, 1.82) is 0 Å². The molecule has 0 unspecified atom stereocenters. The van der Waals surface area contributed by atoms with Gasteiger partial charge < -0.3 is 15.0 Å². The topological polar surface area (TPSA) is 71.3 Å². The van der Waals surface area contributed by atoms with Gasteiger partial charge in [-0.2, -0.15) is 13.2 Å². The van der Waals surface area contributed by atoms with Crippen molar-refractivity contribution in [3.8, 4) is 0 Å². The standard InChI is InChI=1S/C22H21F3N2O3/c1-13-3-8-18-17(9-10-27(21(18)30)14(2)12-28)20(13)26-19(29)11-15-4-6-16(7-5-15)22(23,24)25/h3-10,14,28H,11-12H2,1-2H3,(H,26,29)/t14-/m1/s1. The first kappa shape index (κ1) is 21.6. The van der Waals surface area contributed by atoms with Crippen molar-refractivity contribution in [3.05, 3.63) is 75.7 Å². The molecule has 0 aliphatic carbocycles. The summed E-state index contributed by atoms with van der Waals surface area (Å²) in [5.74, 6) is -0.404. The van der Waals surface area contributed by atoms with Crippen LogP contribution in [0.1, 0.15) is 29.7 Å². The molecule has 1 atom stereocenters. The fourth-order valence-electron chi connectivity index (χ4n) is 3.23. The number of aliphatic hydroxyl groups excluding tert-OH is 1. The first-order valence-corrected chi connectivity index (χ1v) is 9.33. The number of carbonyl (C=O) groups excluding carboxylic acids is 1. The fourth-order valence-corrected chi connectivity index (χ4v) is 3.23. The molecule has 0 spiro atoms. The van der Waals surface area contributed by atoms with Crippen molar-refractivity contribution < 1.29 is 23.1 Å². The van der Waals surface area contributed by atoms with Crippen LogP contribution in [0.2, 0.25) is 0 Å². The Bertz CT molecular complexity index is 1140. The Morgan fingerprint density at radius 3 is 2.37 bits per heavy atom. The van der Waals surface area contributed by atoms with Gasteiger partial charge in [-0.1, -0.05) is 18.2 Å². The number of nitrogens with zero attached hydrogens (tertiary/aromatic N) is 1. The third-order valence-corrected chi connectivity index (χ3v) is 4.97. The summed E-state index contributed by atoms with van der Waals surface area (Å²) in [6.07, 6.45) is -2.97. The number of hydrogen-bond acceptors (Lipinski definition) is 3. The molecule has 0 aliphatic rings. The second-order valence-electron chi connectivity index (χ2n) is 7.20. The molecule has 0 radical (unpaired) electrons. The van der Waals surface area contributed by atoms with Crippen LogP contribution in [0.5, 0.6) is 0 Å². The van der Waals surface area contributed by atoms with Gasteiger partial charge in [0, 0.05) is 17.0 Å². The number of amides is 1. The van der Waals surface area contributed by atoms with Gasteiger partial charge >= 0.3 is 6.18 Å². The maximum absolute atomic E-state index is 12.7. The molecule has 0 aliphatic heterocycles. The molecule has 2 aromatic carbocycles. The van der Waals surface area contributed by atoms with Crippen molar-refractivity contribution in [1.82, 2.24) is 4.57 Å². The molecule has 1 heterocycles. The summed E-state index contributed by atoms with van der Waals surface area (Å²) in [5, 5.41) is 13.1. The summed E-state index contributed by atoms with van der Waals surface area (Å²) in [6, 6.07) is 9.11. The molecule has 2 N–H and O–H groups in total. The van der Waals surface area contributed by atoms with Crippen LogP contribution >= 0.6 is 0 Å². The number of benzene rings is 2. The number of fused-ring (bicyclic) bond motifs is 1. The van der Waals surface area contributed by atoms with E-state index in [1.807, 2.05) is 0 Å². The minimum Gasteiger partial charge on any atom is -0.394 e. The molecule has 5 nitrogen and oxygen atoms in total. The van der Waals surface area contributed by atoms with E-state index in [0.717, 1.165) is 17.7 Å². The first-order chi connectivity index (χ1) is 14.1. The quantitative estimate of drug-likeness (QED) is 0.656. The molecule has 0 bridgehead atoms. The third-order valence-electron chi connectivity index (χ3n) is 4.97. The first-order valence-electron chi connectivity index (χ1n) is 9.33. The molecule has 3 aromatic rings. The Kier molecular flexibility index (Phi) is 5.98. The van der Waals surface area contributed by atoms with E-state index in [-0.39, 0.29) is 24.6 Å². The predicted molar refractivity (Wildman–Crippen MR) is 109 cm³/mol. The van der Waals surface area contributed by atoms with Gasteiger partial charge in [-0.15, -0.1) is 0 Å². The van der Waals surface area contributed by atoms with Gasteiger partial charge in [0.15, 0.2) is 0 Å². The summed E-state index contributed by atoms with van der Waals surface area (Å²) >= 11 is 0. The van der Waals surface area contributed by atoms with Crippen molar-refractivity contribution in [2.24, 2.45) is 0 Å². The van der Waals surface area contributed by atoms with E-state index in [0.29, 0.717) is 22.0 Å². The Labute approximate surface area is 170 Å². The zero-order chi connectivity index (χ0) is 22.1. The van der Waals surface area contributed by atoms with Crippen molar-refractivity contribution in [2.75, 3.05) is 11.9 Å². The molecular formula is C22H21F3N2O3. The molecule has 8 heteroatoms. The van der Waals surface area contributed by atoms with E-state index in [1.165, 1.54) is 16.7 Å². The lowest BCUT2D eigenvalue weighted by molar-refractivity contribution is -0.137. The average Bonchev–Trinajstić information content (AvgIpc) is 2.69. The van der Waals surface area contributed by atoms with Gasteiger partial charge in [0.05, 0.1) is 30.3 Å². The minimum atomic E-state index is -4.43. The lowest BCUT2D eigenvalue weighted by Gasteiger charge is -2.16. The molecule has 1 aromatic heterocycles. The van der Waals surface area contributed by atoms with Gasteiger partial charge in [-0.25, -0.2) is 0 Å². The van der Waals surface area contributed by atoms with Crippen LogP contribution in [0.25, 0.3) is 10.8 Å². The largest absolute Gasteiger partial charge is 0.416 e. The Morgan fingerprint density at radius 2 is 1.77 bits per heavy atom. The SMILES string of the molecule is Cc1ccc2c(=O)n([C@H](C)CO)ccc2c1NC(=O)Cc1ccc(C(F)(F)F)cc1. The summed E-state index contributed by atoms with van der Waals surface area (Å²) in [7, 11) is 0. The normalized spacial score (nSPS) is 12.7. The third kappa shape index (κ3) is 4.38. The lowest BCUT2D eigenvalue weighted by Crippen LogP contribution is -2.25. The number of halogens is 3. The van der Waals surface area contributed by atoms with Crippen molar-refractivity contribution in [3.63, 3.8) is 0 Å². The van der Waals surface area contributed by atoms with Crippen LogP contribution in [-0.4, -0.2) is 22.2 Å². The number of rotatable bonds is 5. The Hall–Kier alpha value is -3.13. The monoisotopic (exact) mass is 418 g/mol. The molecule has 0 saturated heterocycles. The minimum absolute atomic E-state index is 0.105. The van der Waals surface area contributed by atoms with Gasteiger partial charge in [0.25, 0.3) is 5.56 Å². The predicted octanol–water partition coefficient (Wildman–Crippen LogP) is 4.06. The van der Waals surface area contributed by atoms with Gasteiger partial charge in [0.2, 0.25) is 5.91 Å². The number of nitrogens with one attached hydrogen (secondary N) is 1. The maximum Gasteiger partial charge on any atom is 0.416 e. The zero-order valence-corrected chi connectivity index (χ0v) is 16.5. The Balaban J connectivity index is 1.88. The van der Waals surface area contributed by atoms with E-state index < -0.39 is 17.6 Å². The van der Waals surface area contributed by atoms with Crippen molar-refractivity contribution >= 4 is 22.4 Å². The number of pyridine rings is 1. The molecule has 0 fully saturated rings. The summed E-state index contributed by atoms with van der Waals surface area (Å²) < 4.78 is 39.4. The highest BCUT2D eigenvalue weighted by atomic mass is 19.4. The summed E-state index contributed by atoms with van der Waals surface area (Å²) in [6.45, 7) is 3.32. The van der Waals surface area contributed by atoms with E-state index in [4.69, 9.17) is 0 Å². The van der Waals surface area contributed by atoms with E-state index in [9.17, 15) is 27.9 Å². The van der Waals surface area contributed by atoms with Crippen LogP contribution < -0.4 is 10.9 Å². The van der Waals surface area contributed by atoms with Crippen molar-refractivity contribution in [2.45, 2.75) is 32.5 Å².